The molecule has 0 spiro atoms. The van der Waals surface area contributed by atoms with Crippen molar-refractivity contribution in [3.63, 3.8) is 0 Å². The van der Waals surface area contributed by atoms with Crippen molar-refractivity contribution in [3.8, 4) is 0 Å². The van der Waals surface area contributed by atoms with Crippen LogP contribution in [0.4, 0.5) is 5.69 Å². The largest absolute Gasteiger partial charge is 0.374 e. The fourth-order valence-electron chi connectivity index (χ4n) is 3.49. The van der Waals surface area contributed by atoms with Gasteiger partial charge < -0.3 is 10.2 Å². The lowest BCUT2D eigenvalue weighted by Gasteiger charge is -2.38. The van der Waals surface area contributed by atoms with Crippen LogP contribution < -0.4 is 10.2 Å². The molecule has 2 heteroatoms. The van der Waals surface area contributed by atoms with Gasteiger partial charge in [0.05, 0.1) is 0 Å². The van der Waals surface area contributed by atoms with Crippen molar-refractivity contribution in [1.29, 1.82) is 0 Å². The highest BCUT2D eigenvalue weighted by molar-refractivity contribution is 5.46. The Balaban J connectivity index is 1.99. The molecule has 0 radical (unpaired) electrons. The van der Waals surface area contributed by atoms with Crippen LogP contribution in [0.5, 0.6) is 0 Å². The van der Waals surface area contributed by atoms with Gasteiger partial charge in [-0.2, -0.15) is 0 Å². The first-order valence-corrected chi connectivity index (χ1v) is 8.11. The van der Waals surface area contributed by atoms with E-state index in [0.717, 1.165) is 24.9 Å². The van der Waals surface area contributed by atoms with Gasteiger partial charge in [0.1, 0.15) is 0 Å². The molecule has 1 aliphatic rings. The van der Waals surface area contributed by atoms with Gasteiger partial charge in [0.25, 0.3) is 0 Å². The molecule has 0 saturated heterocycles. The van der Waals surface area contributed by atoms with Gasteiger partial charge in [0.15, 0.2) is 0 Å². The predicted molar refractivity (Wildman–Crippen MR) is 88.4 cm³/mol. The second-order valence-electron chi connectivity index (χ2n) is 6.56. The van der Waals surface area contributed by atoms with Crippen LogP contribution in [0.3, 0.4) is 0 Å². The summed E-state index contributed by atoms with van der Waals surface area (Å²) in [7, 11) is 2.23. The average Bonchev–Trinajstić information content (AvgIpc) is 2.42. The van der Waals surface area contributed by atoms with Gasteiger partial charge in [-0.15, -0.1) is 0 Å². The molecule has 0 amide bonds. The third-order valence-corrected chi connectivity index (χ3v) is 4.69. The molecule has 3 unspecified atom stereocenters. The smallest absolute Gasteiger partial charge is 0.0363 e. The summed E-state index contributed by atoms with van der Waals surface area (Å²) in [6, 6.07) is 9.59. The zero-order valence-corrected chi connectivity index (χ0v) is 13.5. The molecule has 1 aromatic carbocycles. The summed E-state index contributed by atoms with van der Waals surface area (Å²) in [4.78, 5) is 2.42. The second kappa shape index (κ2) is 7.12. The standard InChI is InChI=1S/C18H30N2/c1-5-19-18-11-8-15(3)12-16(18)13-20(4)17-9-6-14(2)7-10-17/h6-7,9-10,15-16,18-19H,5,8,11-13H2,1-4H3. The highest BCUT2D eigenvalue weighted by Crippen LogP contribution is 2.30. The minimum atomic E-state index is 0.698. The summed E-state index contributed by atoms with van der Waals surface area (Å²) in [5.41, 5.74) is 2.67. The number of benzene rings is 1. The molecule has 0 bridgehead atoms. The Labute approximate surface area is 124 Å². The minimum absolute atomic E-state index is 0.698. The predicted octanol–water partition coefficient (Wildman–Crippen LogP) is 3.85. The Bertz CT molecular complexity index is 398. The van der Waals surface area contributed by atoms with Crippen molar-refractivity contribution in [2.75, 3.05) is 25.0 Å². The van der Waals surface area contributed by atoms with Crippen LogP contribution in [0.1, 0.15) is 38.7 Å². The van der Waals surface area contributed by atoms with Crippen molar-refractivity contribution < 1.29 is 0 Å². The Morgan fingerprint density at radius 3 is 2.55 bits per heavy atom. The van der Waals surface area contributed by atoms with Crippen LogP contribution in [0.25, 0.3) is 0 Å². The van der Waals surface area contributed by atoms with Crippen molar-refractivity contribution >= 4 is 5.69 Å². The van der Waals surface area contributed by atoms with Crippen molar-refractivity contribution in [3.05, 3.63) is 29.8 Å². The Kier molecular flexibility index (Phi) is 5.47. The van der Waals surface area contributed by atoms with E-state index in [-0.39, 0.29) is 0 Å². The average molecular weight is 274 g/mol. The van der Waals surface area contributed by atoms with Gasteiger partial charge in [0, 0.05) is 25.3 Å². The number of aryl methyl sites for hydroxylation is 1. The Morgan fingerprint density at radius 2 is 1.90 bits per heavy atom. The molecule has 2 nitrogen and oxygen atoms in total. The molecular weight excluding hydrogens is 244 g/mol. The maximum Gasteiger partial charge on any atom is 0.0363 e. The maximum atomic E-state index is 3.69. The zero-order chi connectivity index (χ0) is 14.5. The van der Waals surface area contributed by atoms with Crippen LogP contribution in [0.2, 0.25) is 0 Å². The number of hydrogen-bond donors (Lipinski definition) is 1. The molecule has 1 N–H and O–H groups in total. The van der Waals surface area contributed by atoms with Crippen LogP contribution in [-0.4, -0.2) is 26.2 Å². The van der Waals surface area contributed by atoms with Gasteiger partial charge in [0.2, 0.25) is 0 Å². The van der Waals surface area contributed by atoms with Crippen LogP contribution in [-0.2, 0) is 0 Å². The van der Waals surface area contributed by atoms with Gasteiger partial charge in [-0.05, 0) is 56.7 Å². The van der Waals surface area contributed by atoms with E-state index >= 15 is 0 Å². The lowest BCUT2D eigenvalue weighted by atomic mass is 9.78. The SMILES string of the molecule is CCNC1CCC(C)CC1CN(C)c1ccc(C)cc1. The summed E-state index contributed by atoms with van der Waals surface area (Å²) >= 11 is 0. The molecule has 1 saturated carbocycles. The number of nitrogens with zero attached hydrogens (tertiary/aromatic N) is 1. The Hall–Kier alpha value is -1.02. The van der Waals surface area contributed by atoms with Gasteiger partial charge in [-0.1, -0.05) is 31.5 Å². The van der Waals surface area contributed by atoms with E-state index in [0.29, 0.717) is 6.04 Å². The summed E-state index contributed by atoms with van der Waals surface area (Å²) < 4.78 is 0. The lowest BCUT2D eigenvalue weighted by molar-refractivity contribution is 0.219. The normalized spacial score (nSPS) is 26.5. The second-order valence-corrected chi connectivity index (χ2v) is 6.56. The molecule has 3 atom stereocenters. The van der Waals surface area contributed by atoms with Gasteiger partial charge in [-0.3, -0.25) is 0 Å². The third-order valence-electron chi connectivity index (χ3n) is 4.69. The monoisotopic (exact) mass is 274 g/mol. The van der Waals surface area contributed by atoms with E-state index in [1.165, 1.54) is 30.5 Å². The number of rotatable bonds is 5. The minimum Gasteiger partial charge on any atom is -0.374 e. The first-order valence-electron chi connectivity index (χ1n) is 8.11. The first kappa shape index (κ1) is 15.4. The molecule has 1 aliphatic carbocycles. The highest BCUT2D eigenvalue weighted by atomic mass is 15.1. The van der Waals surface area contributed by atoms with Crippen LogP contribution >= 0.6 is 0 Å². The summed E-state index contributed by atoms with van der Waals surface area (Å²) in [6.45, 7) is 9.02. The fraction of sp³-hybridized carbons (Fsp3) is 0.667. The molecule has 112 valence electrons. The molecule has 0 aliphatic heterocycles. The van der Waals surface area contributed by atoms with E-state index in [1.54, 1.807) is 0 Å². The topological polar surface area (TPSA) is 15.3 Å². The lowest BCUT2D eigenvalue weighted by Crippen LogP contribution is -2.45. The van der Waals surface area contributed by atoms with Gasteiger partial charge in [-0.25, -0.2) is 0 Å². The molecule has 20 heavy (non-hydrogen) atoms. The van der Waals surface area contributed by atoms with Crippen LogP contribution in [0, 0.1) is 18.8 Å². The Morgan fingerprint density at radius 1 is 1.20 bits per heavy atom. The maximum absolute atomic E-state index is 3.69. The quantitative estimate of drug-likeness (QED) is 0.877. The van der Waals surface area contributed by atoms with Crippen molar-refractivity contribution in [1.82, 2.24) is 5.32 Å². The van der Waals surface area contributed by atoms with E-state index in [4.69, 9.17) is 0 Å². The molecular formula is C18H30N2. The van der Waals surface area contributed by atoms with Crippen molar-refractivity contribution in [2.45, 2.75) is 46.1 Å². The summed E-state index contributed by atoms with van der Waals surface area (Å²) in [6.07, 6.45) is 4.07. The van der Waals surface area contributed by atoms with E-state index < -0.39 is 0 Å². The first-order chi connectivity index (χ1) is 9.60. The number of anilines is 1. The number of nitrogens with one attached hydrogen (secondary N) is 1. The molecule has 1 fully saturated rings. The third kappa shape index (κ3) is 3.99. The van der Waals surface area contributed by atoms with Crippen LogP contribution in [0.15, 0.2) is 24.3 Å². The fourth-order valence-corrected chi connectivity index (χ4v) is 3.49. The summed E-state index contributed by atoms with van der Waals surface area (Å²) in [5.74, 6) is 1.64. The molecule has 0 aromatic heterocycles. The highest BCUT2D eigenvalue weighted by Gasteiger charge is 2.28. The van der Waals surface area contributed by atoms with E-state index in [9.17, 15) is 0 Å². The van der Waals surface area contributed by atoms with Gasteiger partial charge >= 0.3 is 0 Å². The zero-order valence-electron chi connectivity index (χ0n) is 13.5. The molecule has 2 rings (SSSR count). The molecule has 0 heterocycles. The molecule has 1 aromatic rings. The van der Waals surface area contributed by atoms with E-state index in [1.807, 2.05) is 0 Å². The van der Waals surface area contributed by atoms with E-state index in [2.05, 4.69) is 62.3 Å². The van der Waals surface area contributed by atoms with Crippen molar-refractivity contribution in [2.24, 2.45) is 11.8 Å². The summed E-state index contributed by atoms with van der Waals surface area (Å²) in [5, 5.41) is 3.69. The number of hydrogen-bond acceptors (Lipinski definition) is 2.